The van der Waals surface area contributed by atoms with E-state index in [1.807, 2.05) is 0 Å². The fourth-order valence-electron chi connectivity index (χ4n) is 1.95. The first kappa shape index (κ1) is 9.41. The quantitative estimate of drug-likeness (QED) is 0.754. The molecule has 1 atom stereocenters. The number of rotatable bonds is 1. The third-order valence-electron chi connectivity index (χ3n) is 2.71. The van der Waals surface area contributed by atoms with Crippen molar-refractivity contribution >= 4 is 33.0 Å². The molecule has 2 rings (SSSR count). The molecule has 1 saturated carbocycles. The third-order valence-corrected chi connectivity index (χ3v) is 4.85. The molecule has 1 heterocycles. The Morgan fingerprint density at radius 2 is 2.38 bits per heavy atom. The van der Waals surface area contributed by atoms with Crippen LogP contribution in [0.15, 0.2) is 15.9 Å². The van der Waals surface area contributed by atoms with Crippen LogP contribution >= 0.6 is 27.3 Å². The van der Waals surface area contributed by atoms with Crippen LogP contribution in [0.2, 0.25) is 0 Å². The van der Waals surface area contributed by atoms with Crippen LogP contribution in [0.4, 0.5) is 0 Å². The Labute approximate surface area is 90.3 Å². The lowest BCUT2D eigenvalue weighted by Crippen LogP contribution is -2.16. The lowest BCUT2D eigenvalue weighted by Gasteiger charge is -2.21. The standard InChI is InChI=1S/C10H11BrOS/c1-10(4-2-7(12)6-10)9-8(11)3-5-13-9/h3,5H,2,4,6H2,1H3. The molecule has 1 aromatic rings. The number of carbonyl (C=O) groups is 1. The fraction of sp³-hybridized carbons (Fsp3) is 0.500. The Hall–Kier alpha value is -0.150. The van der Waals surface area contributed by atoms with Gasteiger partial charge < -0.3 is 0 Å². The normalized spacial score (nSPS) is 28.3. The maximum absolute atomic E-state index is 11.3. The number of carbonyl (C=O) groups excluding carboxylic acids is 1. The monoisotopic (exact) mass is 258 g/mol. The van der Waals surface area contributed by atoms with E-state index in [0.717, 1.165) is 17.3 Å². The van der Waals surface area contributed by atoms with Crippen LogP contribution in [0, 0.1) is 0 Å². The summed E-state index contributed by atoms with van der Waals surface area (Å²) < 4.78 is 1.16. The van der Waals surface area contributed by atoms with Gasteiger partial charge in [-0.25, -0.2) is 0 Å². The molecule has 0 spiro atoms. The SMILES string of the molecule is CC1(c2sccc2Br)CCC(=O)C1. The molecule has 1 unspecified atom stereocenters. The summed E-state index contributed by atoms with van der Waals surface area (Å²) in [4.78, 5) is 12.6. The first-order valence-electron chi connectivity index (χ1n) is 4.37. The molecule has 0 bridgehead atoms. The van der Waals surface area contributed by atoms with Gasteiger partial charge >= 0.3 is 0 Å². The molecule has 0 radical (unpaired) electrons. The van der Waals surface area contributed by atoms with Crippen LogP contribution in [0.3, 0.4) is 0 Å². The van der Waals surface area contributed by atoms with E-state index in [2.05, 4.69) is 34.3 Å². The number of hydrogen-bond acceptors (Lipinski definition) is 2. The maximum Gasteiger partial charge on any atom is 0.133 e. The molecule has 1 aromatic heterocycles. The first-order chi connectivity index (χ1) is 6.12. The minimum atomic E-state index is 0.101. The van der Waals surface area contributed by atoms with Gasteiger partial charge in [-0.1, -0.05) is 6.92 Å². The van der Waals surface area contributed by atoms with Crippen LogP contribution in [-0.2, 0) is 10.2 Å². The molecule has 3 heteroatoms. The summed E-state index contributed by atoms with van der Waals surface area (Å²) in [5.41, 5.74) is 0.101. The zero-order chi connectivity index (χ0) is 9.47. The minimum Gasteiger partial charge on any atom is -0.300 e. The Morgan fingerprint density at radius 3 is 2.85 bits per heavy atom. The van der Waals surface area contributed by atoms with Gasteiger partial charge in [0.2, 0.25) is 0 Å². The van der Waals surface area contributed by atoms with Crippen molar-refractivity contribution in [1.82, 2.24) is 0 Å². The predicted molar refractivity (Wildman–Crippen MR) is 58.2 cm³/mol. The van der Waals surface area contributed by atoms with Crippen molar-refractivity contribution in [2.24, 2.45) is 0 Å². The van der Waals surface area contributed by atoms with E-state index in [0.29, 0.717) is 12.2 Å². The highest BCUT2D eigenvalue weighted by atomic mass is 79.9. The lowest BCUT2D eigenvalue weighted by atomic mass is 9.87. The van der Waals surface area contributed by atoms with E-state index in [4.69, 9.17) is 0 Å². The molecule has 1 fully saturated rings. The van der Waals surface area contributed by atoms with Gasteiger partial charge in [0, 0.05) is 27.6 Å². The number of ketones is 1. The zero-order valence-electron chi connectivity index (χ0n) is 7.47. The highest BCUT2D eigenvalue weighted by Gasteiger charge is 2.37. The van der Waals surface area contributed by atoms with E-state index < -0.39 is 0 Å². The van der Waals surface area contributed by atoms with Gasteiger partial charge in [0.15, 0.2) is 0 Å². The smallest absolute Gasteiger partial charge is 0.133 e. The Morgan fingerprint density at radius 1 is 1.62 bits per heavy atom. The number of hydrogen-bond donors (Lipinski definition) is 0. The minimum absolute atomic E-state index is 0.101. The second kappa shape index (κ2) is 3.21. The fourth-order valence-corrected chi connectivity index (χ4v) is 3.99. The molecule has 0 N–H and O–H groups in total. The summed E-state index contributed by atoms with van der Waals surface area (Å²) in [5, 5.41) is 2.08. The average Bonchev–Trinajstić information content (AvgIpc) is 2.59. The van der Waals surface area contributed by atoms with Gasteiger partial charge in [0.25, 0.3) is 0 Å². The van der Waals surface area contributed by atoms with Crippen molar-refractivity contribution in [1.29, 1.82) is 0 Å². The summed E-state index contributed by atoms with van der Waals surface area (Å²) in [6.45, 7) is 2.19. The highest BCUT2D eigenvalue weighted by Crippen LogP contribution is 2.44. The van der Waals surface area contributed by atoms with Crippen molar-refractivity contribution in [3.05, 3.63) is 20.8 Å². The van der Waals surface area contributed by atoms with Crippen molar-refractivity contribution in [3.8, 4) is 0 Å². The second-order valence-electron chi connectivity index (χ2n) is 3.87. The summed E-state index contributed by atoms with van der Waals surface area (Å²) in [7, 11) is 0. The van der Waals surface area contributed by atoms with Gasteiger partial charge in [-0.3, -0.25) is 4.79 Å². The van der Waals surface area contributed by atoms with Crippen LogP contribution in [-0.4, -0.2) is 5.78 Å². The number of halogens is 1. The summed E-state index contributed by atoms with van der Waals surface area (Å²) in [5.74, 6) is 0.405. The molecule has 0 saturated heterocycles. The van der Waals surface area contributed by atoms with Gasteiger partial charge in [0.1, 0.15) is 5.78 Å². The lowest BCUT2D eigenvalue weighted by molar-refractivity contribution is -0.117. The van der Waals surface area contributed by atoms with E-state index in [1.54, 1.807) is 11.3 Å². The van der Waals surface area contributed by atoms with E-state index in [1.165, 1.54) is 4.88 Å². The Balaban J connectivity index is 2.35. The average molecular weight is 259 g/mol. The summed E-state index contributed by atoms with van der Waals surface area (Å²) in [6, 6.07) is 2.06. The van der Waals surface area contributed by atoms with Crippen LogP contribution in [0.25, 0.3) is 0 Å². The zero-order valence-corrected chi connectivity index (χ0v) is 9.87. The molecule has 0 aromatic carbocycles. The van der Waals surface area contributed by atoms with E-state index in [9.17, 15) is 4.79 Å². The highest BCUT2D eigenvalue weighted by molar-refractivity contribution is 9.10. The molecular formula is C10H11BrOS. The Kier molecular flexibility index (Phi) is 2.32. The van der Waals surface area contributed by atoms with Crippen molar-refractivity contribution in [2.75, 3.05) is 0 Å². The van der Waals surface area contributed by atoms with Gasteiger partial charge in [-0.2, -0.15) is 0 Å². The van der Waals surface area contributed by atoms with Crippen LogP contribution in [0.1, 0.15) is 31.1 Å². The molecule has 1 aliphatic carbocycles. The number of thiophene rings is 1. The van der Waals surface area contributed by atoms with Crippen LogP contribution in [0.5, 0.6) is 0 Å². The summed E-state index contributed by atoms with van der Waals surface area (Å²) in [6.07, 6.45) is 2.47. The summed E-state index contributed by atoms with van der Waals surface area (Å²) >= 11 is 5.28. The van der Waals surface area contributed by atoms with E-state index in [-0.39, 0.29) is 5.41 Å². The third kappa shape index (κ3) is 1.59. The van der Waals surface area contributed by atoms with Crippen LogP contribution < -0.4 is 0 Å². The second-order valence-corrected chi connectivity index (χ2v) is 5.64. The molecule has 1 nitrogen and oxygen atoms in total. The van der Waals surface area contributed by atoms with Gasteiger partial charge in [-0.05, 0) is 33.8 Å². The molecule has 0 aliphatic heterocycles. The van der Waals surface area contributed by atoms with Crippen molar-refractivity contribution in [3.63, 3.8) is 0 Å². The van der Waals surface area contributed by atoms with E-state index >= 15 is 0 Å². The Bertz CT molecular complexity index is 344. The van der Waals surface area contributed by atoms with Gasteiger partial charge in [-0.15, -0.1) is 11.3 Å². The van der Waals surface area contributed by atoms with Gasteiger partial charge in [0.05, 0.1) is 0 Å². The topological polar surface area (TPSA) is 17.1 Å². The number of Topliss-reactive ketones (excluding diaryl/α,β-unsaturated/α-hetero) is 1. The van der Waals surface area contributed by atoms with Crippen molar-refractivity contribution < 1.29 is 4.79 Å². The largest absolute Gasteiger partial charge is 0.300 e. The predicted octanol–water partition coefficient (Wildman–Crippen LogP) is 3.52. The molecule has 0 amide bonds. The molecule has 1 aliphatic rings. The maximum atomic E-state index is 11.3. The molecular weight excluding hydrogens is 248 g/mol. The molecule has 13 heavy (non-hydrogen) atoms. The first-order valence-corrected chi connectivity index (χ1v) is 6.04. The molecule has 70 valence electrons. The van der Waals surface area contributed by atoms with Crippen molar-refractivity contribution in [2.45, 2.75) is 31.6 Å².